The molecule has 0 aliphatic carbocycles. The Kier molecular flexibility index (Phi) is 5.58. The van der Waals surface area contributed by atoms with Crippen molar-refractivity contribution >= 4 is 22.7 Å². The number of hydrogen-bond acceptors (Lipinski definition) is 6. The fourth-order valence-electron chi connectivity index (χ4n) is 2.24. The summed E-state index contributed by atoms with van der Waals surface area (Å²) in [5.74, 6) is 0. The molecule has 2 aromatic rings. The second kappa shape index (κ2) is 7.83. The number of non-ortho nitro benzene ring substituents is 1. The van der Waals surface area contributed by atoms with Crippen molar-refractivity contribution in [3.05, 3.63) is 58.1 Å². The van der Waals surface area contributed by atoms with Gasteiger partial charge in [-0.2, -0.15) is 10.4 Å². The van der Waals surface area contributed by atoms with Gasteiger partial charge in [-0.15, -0.1) is 5.11 Å². The number of anilines is 1. The van der Waals surface area contributed by atoms with Gasteiger partial charge in [0, 0.05) is 30.9 Å². The first-order valence-corrected chi connectivity index (χ1v) is 7.54. The molecule has 0 aliphatic heterocycles. The number of nitriles is 1. The zero-order valence-electron chi connectivity index (χ0n) is 13.5. The van der Waals surface area contributed by atoms with Gasteiger partial charge in [0.15, 0.2) is 0 Å². The Bertz CT molecular complexity index is 790. The maximum absolute atomic E-state index is 10.7. The van der Waals surface area contributed by atoms with Crippen LogP contribution in [0.5, 0.6) is 0 Å². The molecule has 2 aromatic carbocycles. The summed E-state index contributed by atoms with van der Waals surface area (Å²) >= 11 is 0. The molecule has 0 N–H and O–H groups in total. The molecule has 0 heterocycles. The molecule has 122 valence electrons. The van der Waals surface area contributed by atoms with Crippen molar-refractivity contribution < 1.29 is 4.92 Å². The SMILES string of the molecule is CCN(CC)c1ccc(/N=N/c2ccc([N+](=O)[O-])cc2C#N)cc1. The van der Waals surface area contributed by atoms with E-state index in [1.807, 2.05) is 30.3 Å². The summed E-state index contributed by atoms with van der Waals surface area (Å²) < 4.78 is 0. The van der Waals surface area contributed by atoms with Crippen LogP contribution in [0.3, 0.4) is 0 Å². The second-order valence-corrected chi connectivity index (χ2v) is 4.96. The smallest absolute Gasteiger partial charge is 0.270 e. The van der Waals surface area contributed by atoms with E-state index in [2.05, 4.69) is 29.0 Å². The van der Waals surface area contributed by atoms with E-state index in [-0.39, 0.29) is 11.3 Å². The number of nitrogens with zero attached hydrogens (tertiary/aromatic N) is 5. The van der Waals surface area contributed by atoms with Gasteiger partial charge in [-0.3, -0.25) is 10.1 Å². The highest BCUT2D eigenvalue weighted by Crippen LogP contribution is 2.26. The molecule has 0 amide bonds. The number of nitro groups is 1. The maximum Gasteiger partial charge on any atom is 0.270 e. The Balaban J connectivity index is 2.22. The lowest BCUT2D eigenvalue weighted by molar-refractivity contribution is -0.384. The van der Waals surface area contributed by atoms with Gasteiger partial charge >= 0.3 is 0 Å². The Morgan fingerprint density at radius 1 is 1.12 bits per heavy atom. The largest absolute Gasteiger partial charge is 0.372 e. The molecular weight excluding hydrogens is 306 g/mol. The van der Waals surface area contributed by atoms with Crippen molar-refractivity contribution in [1.29, 1.82) is 5.26 Å². The Labute approximate surface area is 140 Å². The zero-order valence-corrected chi connectivity index (χ0v) is 13.5. The maximum atomic E-state index is 10.7. The molecule has 24 heavy (non-hydrogen) atoms. The number of azo groups is 1. The van der Waals surface area contributed by atoms with Gasteiger partial charge in [0.1, 0.15) is 11.8 Å². The van der Waals surface area contributed by atoms with E-state index in [4.69, 9.17) is 5.26 Å². The molecule has 2 rings (SSSR count). The first-order chi connectivity index (χ1) is 11.6. The number of nitro benzene ring substituents is 1. The van der Waals surface area contributed by atoms with Crippen LogP contribution in [0.15, 0.2) is 52.7 Å². The molecule has 0 aliphatic rings. The number of benzene rings is 2. The van der Waals surface area contributed by atoms with Crippen LogP contribution >= 0.6 is 0 Å². The molecule has 0 spiro atoms. The lowest BCUT2D eigenvalue weighted by Crippen LogP contribution is -2.21. The third-order valence-electron chi connectivity index (χ3n) is 3.56. The number of rotatable bonds is 6. The Morgan fingerprint density at radius 3 is 2.33 bits per heavy atom. The predicted molar refractivity (Wildman–Crippen MR) is 92.0 cm³/mol. The van der Waals surface area contributed by atoms with Crippen molar-refractivity contribution in [2.75, 3.05) is 18.0 Å². The van der Waals surface area contributed by atoms with Crippen LogP contribution in [0.4, 0.5) is 22.7 Å². The highest BCUT2D eigenvalue weighted by atomic mass is 16.6. The van der Waals surface area contributed by atoms with Crippen molar-refractivity contribution in [3.8, 4) is 6.07 Å². The first-order valence-electron chi connectivity index (χ1n) is 7.54. The van der Waals surface area contributed by atoms with Crippen LogP contribution in [0.25, 0.3) is 0 Å². The van der Waals surface area contributed by atoms with E-state index in [0.29, 0.717) is 11.4 Å². The lowest BCUT2D eigenvalue weighted by Gasteiger charge is -2.20. The summed E-state index contributed by atoms with van der Waals surface area (Å²) in [6, 6.07) is 13.4. The summed E-state index contributed by atoms with van der Waals surface area (Å²) in [7, 11) is 0. The fraction of sp³-hybridized carbons (Fsp3) is 0.235. The summed E-state index contributed by atoms with van der Waals surface area (Å²) in [6.45, 7) is 6.03. The van der Waals surface area contributed by atoms with Gasteiger partial charge < -0.3 is 4.90 Å². The molecule has 0 fully saturated rings. The fourth-order valence-corrected chi connectivity index (χ4v) is 2.24. The molecular formula is C17H17N5O2. The summed E-state index contributed by atoms with van der Waals surface area (Å²) in [4.78, 5) is 12.4. The van der Waals surface area contributed by atoms with Crippen LogP contribution < -0.4 is 4.90 Å². The van der Waals surface area contributed by atoms with E-state index < -0.39 is 4.92 Å². The van der Waals surface area contributed by atoms with Crippen LogP contribution in [0.2, 0.25) is 0 Å². The van der Waals surface area contributed by atoms with E-state index in [0.717, 1.165) is 18.8 Å². The van der Waals surface area contributed by atoms with E-state index in [1.165, 1.54) is 18.2 Å². The van der Waals surface area contributed by atoms with E-state index >= 15 is 0 Å². The second-order valence-electron chi connectivity index (χ2n) is 4.96. The minimum absolute atomic E-state index is 0.118. The van der Waals surface area contributed by atoms with E-state index in [1.54, 1.807) is 0 Å². The highest BCUT2D eigenvalue weighted by Gasteiger charge is 2.10. The van der Waals surface area contributed by atoms with Crippen LogP contribution in [-0.2, 0) is 0 Å². The van der Waals surface area contributed by atoms with Crippen molar-refractivity contribution in [2.24, 2.45) is 10.2 Å². The van der Waals surface area contributed by atoms with Gasteiger partial charge in [0.25, 0.3) is 5.69 Å². The monoisotopic (exact) mass is 323 g/mol. The summed E-state index contributed by atoms with van der Waals surface area (Å²) in [5.41, 5.74) is 2.03. The zero-order chi connectivity index (χ0) is 17.5. The Hall–Kier alpha value is -3.27. The van der Waals surface area contributed by atoms with Gasteiger partial charge in [-0.05, 0) is 44.2 Å². The minimum Gasteiger partial charge on any atom is -0.372 e. The summed E-state index contributed by atoms with van der Waals surface area (Å²) in [6.07, 6.45) is 0. The molecule has 0 aromatic heterocycles. The molecule has 0 atom stereocenters. The molecule has 0 bridgehead atoms. The molecule has 7 heteroatoms. The standard InChI is InChI=1S/C17H17N5O2/c1-3-21(4-2)15-7-5-14(6-8-15)19-20-17-10-9-16(22(23)24)11-13(17)12-18/h5-11H,3-4H2,1-2H3/b20-19+. The van der Waals surface area contributed by atoms with Crippen molar-refractivity contribution in [3.63, 3.8) is 0 Å². The Morgan fingerprint density at radius 2 is 1.79 bits per heavy atom. The third-order valence-corrected chi connectivity index (χ3v) is 3.56. The first kappa shape index (κ1) is 17.1. The third kappa shape index (κ3) is 3.93. The highest BCUT2D eigenvalue weighted by molar-refractivity contribution is 5.58. The lowest BCUT2D eigenvalue weighted by atomic mass is 10.2. The van der Waals surface area contributed by atoms with Crippen molar-refractivity contribution in [1.82, 2.24) is 0 Å². The summed E-state index contributed by atoms with van der Waals surface area (Å²) in [5, 5.41) is 28.0. The minimum atomic E-state index is -0.548. The van der Waals surface area contributed by atoms with Crippen molar-refractivity contribution in [2.45, 2.75) is 13.8 Å². The molecule has 0 radical (unpaired) electrons. The average Bonchev–Trinajstić information content (AvgIpc) is 2.61. The van der Waals surface area contributed by atoms with Gasteiger partial charge in [-0.25, -0.2) is 0 Å². The van der Waals surface area contributed by atoms with Gasteiger partial charge in [0.2, 0.25) is 0 Å². The van der Waals surface area contributed by atoms with E-state index in [9.17, 15) is 10.1 Å². The van der Waals surface area contributed by atoms with Crippen LogP contribution in [0, 0.1) is 21.4 Å². The number of hydrogen-bond donors (Lipinski definition) is 0. The van der Waals surface area contributed by atoms with Crippen LogP contribution in [-0.4, -0.2) is 18.0 Å². The molecule has 0 saturated carbocycles. The topological polar surface area (TPSA) is 94.9 Å². The van der Waals surface area contributed by atoms with Gasteiger partial charge in [0.05, 0.1) is 16.2 Å². The van der Waals surface area contributed by atoms with Gasteiger partial charge in [-0.1, -0.05) is 0 Å². The average molecular weight is 323 g/mol. The molecule has 7 nitrogen and oxygen atoms in total. The van der Waals surface area contributed by atoms with Crippen LogP contribution in [0.1, 0.15) is 19.4 Å². The normalized spacial score (nSPS) is 10.5. The molecule has 0 saturated heterocycles. The quantitative estimate of drug-likeness (QED) is 0.436. The molecule has 0 unspecified atom stereocenters. The predicted octanol–water partition coefficient (Wildman–Crippen LogP) is 4.73.